The van der Waals surface area contributed by atoms with Crippen molar-refractivity contribution in [2.24, 2.45) is 0 Å². The maximum absolute atomic E-state index is 13.8. The lowest BCUT2D eigenvalue weighted by molar-refractivity contribution is -0.122. The molecule has 0 aliphatic carbocycles. The first kappa shape index (κ1) is 19.0. The van der Waals surface area contributed by atoms with Crippen LogP contribution in [0.4, 0.5) is 4.39 Å². The Morgan fingerprint density at radius 1 is 1.16 bits per heavy atom. The van der Waals surface area contributed by atoms with E-state index in [1.54, 1.807) is 37.3 Å². The molecule has 8 heteroatoms. The van der Waals surface area contributed by atoms with Gasteiger partial charge in [-0.25, -0.2) is 4.39 Å². The molecule has 25 heavy (non-hydrogen) atoms. The van der Waals surface area contributed by atoms with Crippen LogP contribution < -0.4 is 10.6 Å². The minimum atomic E-state index is -4.24. The third-order valence-corrected chi connectivity index (χ3v) is 4.08. The Kier molecular flexibility index (Phi) is 6.24. The minimum absolute atomic E-state index is 0.294. The van der Waals surface area contributed by atoms with Crippen molar-refractivity contribution < 1.29 is 22.2 Å². The molecule has 1 amide bonds. The lowest BCUT2D eigenvalue weighted by Gasteiger charge is -2.13. The smallest absolute Gasteiger partial charge is 0.283 e. The lowest BCUT2D eigenvalue weighted by atomic mass is 10.0. The number of rotatable bonds is 7. The summed E-state index contributed by atoms with van der Waals surface area (Å²) in [5.74, 6) is -1.66. The van der Waals surface area contributed by atoms with E-state index in [4.69, 9.17) is 4.55 Å². The van der Waals surface area contributed by atoms with Gasteiger partial charge in [-0.05, 0) is 24.1 Å². The molecule has 1 atom stereocenters. The van der Waals surface area contributed by atoms with Gasteiger partial charge in [-0.3, -0.25) is 9.35 Å². The van der Waals surface area contributed by atoms with Gasteiger partial charge in [0.15, 0.2) is 0 Å². The molecule has 6 nitrogen and oxygen atoms in total. The zero-order valence-electron chi connectivity index (χ0n) is 13.6. The van der Waals surface area contributed by atoms with Crippen molar-refractivity contribution in [3.8, 4) is 11.1 Å². The molecule has 0 radical (unpaired) electrons. The Balaban J connectivity index is 1.91. The summed E-state index contributed by atoms with van der Waals surface area (Å²) >= 11 is 0. The molecule has 0 aliphatic heterocycles. The first-order valence-electron chi connectivity index (χ1n) is 7.56. The Bertz CT molecular complexity index is 838. The number of benzene rings is 2. The summed E-state index contributed by atoms with van der Waals surface area (Å²) in [4.78, 5) is 11.7. The van der Waals surface area contributed by atoms with E-state index in [2.05, 4.69) is 10.6 Å². The van der Waals surface area contributed by atoms with Crippen molar-refractivity contribution in [3.63, 3.8) is 0 Å². The third kappa shape index (κ3) is 5.93. The largest absolute Gasteiger partial charge is 0.339 e. The normalized spacial score (nSPS) is 12.6. The first-order chi connectivity index (χ1) is 11.8. The number of carbonyl (C=O) groups is 1. The van der Waals surface area contributed by atoms with Crippen LogP contribution in [0.5, 0.6) is 0 Å². The van der Waals surface area contributed by atoms with Gasteiger partial charge in [0.2, 0.25) is 5.91 Å². The fourth-order valence-corrected chi connectivity index (χ4v) is 2.50. The summed E-state index contributed by atoms with van der Waals surface area (Å²) in [6.07, 6.45) is 0. The number of hydrogen-bond donors (Lipinski definition) is 3. The Hall–Kier alpha value is -2.29. The molecule has 0 fully saturated rings. The number of carbonyl (C=O) groups excluding carboxylic acids is 1. The molecule has 3 N–H and O–H groups in total. The van der Waals surface area contributed by atoms with Crippen molar-refractivity contribution in [1.82, 2.24) is 10.6 Å². The van der Waals surface area contributed by atoms with Crippen LogP contribution in [-0.4, -0.2) is 30.8 Å². The van der Waals surface area contributed by atoms with E-state index in [1.165, 1.54) is 6.07 Å². The molecule has 0 spiro atoms. The van der Waals surface area contributed by atoms with Gasteiger partial charge < -0.3 is 10.6 Å². The van der Waals surface area contributed by atoms with Crippen LogP contribution in [0.25, 0.3) is 11.1 Å². The maximum atomic E-state index is 13.8. The molecule has 0 unspecified atom stereocenters. The summed E-state index contributed by atoms with van der Waals surface area (Å²) < 4.78 is 43.6. The first-order valence-corrected chi connectivity index (χ1v) is 9.17. The molecule has 2 rings (SSSR count). The Labute approximate surface area is 145 Å². The summed E-state index contributed by atoms with van der Waals surface area (Å²) in [5, 5.41) is 5.06. The molecule has 0 saturated heterocycles. The third-order valence-electron chi connectivity index (χ3n) is 3.57. The van der Waals surface area contributed by atoms with Crippen LogP contribution in [0.3, 0.4) is 0 Å². The van der Waals surface area contributed by atoms with Gasteiger partial charge in [0.1, 0.15) is 11.7 Å². The molecule has 0 aliphatic rings. The van der Waals surface area contributed by atoms with Crippen molar-refractivity contribution >= 4 is 16.0 Å². The molecule has 0 saturated carbocycles. The maximum Gasteiger partial charge on any atom is 0.283 e. The molecule has 134 valence electrons. The van der Waals surface area contributed by atoms with Crippen molar-refractivity contribution in [2.75, 3.05) is 5.88 Å². The van der Waals surface area contributed by atoms with Crippen molar-refractivity contribution in [2.45, 2.75) is 19.5 Å². The SMILES string of the molecule is C[C@H](NCc1ccc(-c2ccccc2F)cc1)C(=O)NCS(=O)(=O)O. The van der Waals surface area contributed by atoms with Crippen LogP contribution in [0, 0.1) is 5.82 Å². The lowest BCUT2D eigenvalue weighted by Crippen LogP contribution is -2.43. The molecule has 2 aromatic rings. The molecule has 0 aromatic heterocycles. The van der Waals surface area contributed by atoms with E-state index >= 15 is 0 Å². The number of hydrogen-bond acceptors (Lipinski definition) is 4. The standard InChI is InChI=1S/C17H19FN2O4S/c1-12(17(21)20-11-25(22,23)24)19-10-13-6-8-14(9-7-13)15-4-2-3-5-16(15)18/h2-9,12,19H,10-11H2,1H3,(H,20,21)(H,22,23,24)/t12-/m0/s1. The average Bonchev–Trinajstić information content (AvgIpc) is 2.58. The second-order valence-corrected chi connectivity index (χ2v) is 7.00. The Morgan fingerprint density at radius 2 is 1.80 bits per heavy atom. The highest BCUT2D eigenvalue weighted by Gasteiger charge is 2.14. The van der Waals surface area contributed by atoms with E-state index in [-0.39, 0.29) is 5.82 Å². The Morgan fingerprint density at radius 3 is 2.40 bits per heavy atom. The zero-order chi connectivity index (χ0) is 18.4. The van der Waals surface area contributed by atoms with Gasteiger partial charge in [-0.1, -0.05) is 42.5 Å². The van der Waals surface area contributed by atoms with Crippen molar-refractivity contribution in [3.05, 3.63) is 59.9 Å². The predicted molar refractivity (Wildman–Crippen MR) is 92.7 cm³/mol. The molecule has 0 heterocycles. The van der Waals surface area contributed by atoms with Gasteiger partial charge in [-0.2, -0.15) is 8.42 Å². The van der Waals surface area contributed by atoms with Crippen molar-refractivity contribution in [1.29, 1.82) is 0 Å². The van der Waals surface area contributed by atoms with E-state index in [0.29, 0.717) is 12.1 Å². The average molecular weight is 366 g/mol. The van der Waals surface area contributed by atoms with Crippen LogP contribution in [0.1, 0.15) is 12.5 Å². The van der Waals surface area contributed by atoms with E-state index < -0.39 is 27.9 Å². The van der Waals surface area contributed by atoms with E-state index in [0.717, 1.165) is 11.1 Å². The number of nitrogens with one attached hydrogen (secondary N) is 2. The molecular formula is C17H19FN2O4S. The van der Waals surface area contributed by atoms with E-state index in [9.17, 15) is 17.6 Å². The topological polar surface area (TPSA) is 95.5 Å². The van der Waals surface area contributed by atoms with Gasteiger partial charge in [0, 0.05) is 12.1 Å². The minimum Gasteiger partial charge on any atom is -0.339 e. The highest BCUT2D eigenvalue weighted by atomic mass is 32.2. The molecular weight excluding hydrogens is 347 g/mol. The second-order valence-electron chi connectivity index (χ2n) is 5.55. The quantitative estimate of drug-likeness (QED) is 0.651. The molecule has 0 bridgehead atoms. The summed E-state index contributed by atoms with van der Waals surface area (Å²) in [6.45, 7) is 1.95. The van der Waals surface area contributed by atoms with Gasteiger partial charge in [-0.15, -0.1) is 0 Å². The highest BCUT2D eigenvalue weighted by molar-refractivity contribution is 7.85. The van der Waals surface area contributed by atoms with E-state index in [1.807, 2.05) is 12.1 Å². The molecule has 2 aromatic carbocycles. The van der Waals surface area contributed by atoms with Crippen LogP contribution in [0.2, 0.25) is 0 Å². The summed E-state index contributed by atoms with van der Waals surface area (Å²) in [5.41, 5.74) is 2.15. The monoisotopic (exact) mass is 366 g/mol. The summed E-state index contributed by atoms with van der Waals surface area (Å²) in [6, 6.07) is 13.1. The number of amides is 1. The highest BCUT2D eigenvalue weighted by Crippen LogP contribution is 2.22. The van der Waals surface area contributed by atoms with Crippen LogP contribution in [-0.2, 0) is 21.5 Å². The van der Waals surface area contributed by atoms with Gasteiger partial charge in [0.25, 0.3) is 10.1 Å². The second kappa shape index (κ2) is 8.19. The fraction of sp³-hybridized carbons (Fsp3) is 0.235. The number of halogens is 1. The van der Waals surface area contributed by atoms with Crippen LogP contribution >= 0.6 is 0 Å². The van der Waals surface area contributed by atoms with Crippen LogP contribution in [0.15, 0.2) is 48.5 Å². The van der Waals surface area contributed by atoms with Gasteiger partial charge in [0.05, 0.1) is 6.04 Å². The zero-order valence-corrected chi connectivity index (χ0v) is 14.4. The summed E-state index contributed by atoms with van der Waals surface area (Å²) in [7, 11) is -4.24. The fourth-order valence-electron chi connectivity index (χ4n) is 2.18. The van der Waals surface area contributed by atoms with Gasteiger partial charge >= 0.3 is 0 Å². The predicted octanol–water partition coefficient (Wildman–Crippen LogP) is 1.93.